The highest BCUT2D eigenvalue weighted by atomic mass is 16.5. The van der Waals surface area contributed by atoms with Gasteiger partial charge in [0.05, 0.1) is 35.9 Å². The average Bonchev–Trinajstić information content (AvgIpc) is 3.45. The second kappa shape index (κ2) is 6.26. The van der Waals surface area contributed by atoms with E-state index in [4.69, 9.17) is 9.72 Å². The average molecular weight is 386 g/mol. The predicted octanol–water partition coefficient (Wildman–Crippen LogP) is 2.63. The van der Waals surface area contributed by atoms with Crippen LogP contribution in [-0.2, 0) is 22.6 Å². The Morgan fingerprint density at radius 1 is 1.03 bits per heavy atom. The molecule has 6 heteroatoms. The van der Waals surface area contributed by atoms with Gasteiger partial charge in [-0.25, -0.2) is 4.98 Å². The summed E-state index contributed by atoms with van der Waals surface area (Å²) in [6, 6.07) is 16.2. The van der Waals surface area contributed by atoms with Crippen LogP contribution in [0.5, 0.6) is 0 Å². The van der Waals surface area contributed by atoms with Crippen molar-refractivity contribution < 1.29 is 9.53 Å². The molecule has 1 aromatic heterocycles. The van der Waals surface area contributed by atoms with E-state index < -0.39 is 5.41 Å². The molecule has 2 aromatic carbocycles. The van der Waals surface area contributed by atoms with Gasteiger partial charge in [0.15, 0.2) is 0 Å². The van der Waals surface area contributed by atoms with Gasteiger partial charge in [0, 0.05) is 32.1 Å². The molecule has 2 atom stereocenters. The normalized spacial score (nSPS) is 25.4. The summed E-state index contributed by atoms with van der Waals surface area (Å²) in [7, 11) is 0. The Hall–Kier alpha value is -2.99. The Kier molecular flexibility index (Phi) is 3.65. The molecule has 0 radical (unpaired) electrons. The van der Waals surface area contributed by atoms with E-state index in [9.17, 15) is 4.79 Å². The fraction of sp³-hybridized carbons (Fsp3) is 0.348. The first kappa shape index (κ1) is 16.9. The molecule has 29 heavy (non-hydrogen) atoms. The molecule has 3 aliphatic rings. The molecule has 1 amide bonds. The van der Waals surface area contributed by atoms with Crippen molar-refractivity contribution in [1.29, 1.82) is 0 Å². The number of rotatable bonds is 2. The minimum Gasteiger partial charge on any atom is -0.380 e. The lowest BCUT2D eigenvalue weighted by Gasteiger charge is -2.31. The third kappa shape index (κ3) is 2.55. The fourth-order valence-corrected chi connectivity index (χ4v) is 5.10. The van der Waals surface area contributed by atoms with E-state index >= 15 is 0 Å². The van der Waals surface area contributed by atoms with Crippen LogP contribution in [0.2, 0.25) is 0 Å². The fourth-order valence-electron chi connectivity index (χ4n) is 5.10. The van der Waals surface area contributed by atoms with Crippen molar-refractivity contribution in [2.75, 3.05) is 31.2 Å². The van der Waals surface area contributed by atoms with Crippen LogP contribution in [0.4, 0.5) is 5.82 Å². The molecule has 146 valence electrons. The van der Waals surface area contributed by atoms with Crippen LogP contribution in [0.15, 0.2) is 54.7 Å². The summed E-state index contributed by atoms with van der Waals surface area (Å²) in [6.07, 6.45) is 1.83. The van der Waals surface area contributed by atoms with Gasteiger partial charge in [-0.1, -0.05) is 36.4 Å². The van der Waals surface area contributed by atoms with Gasteiger partial charge in [-0.15, -0.1) is 0 Å². The number of para-hydroxylation sites is 2. The number of carbonyl (C=O) groups excluding carboxylic acids is 1. The summed E-state index contributed by atoms with van der Waals surface area (Å²) in [6.45, 7) is 3.92. The highest BCUT2D eigenvalue weighted by Crippen LogP contribution is 2.45. The summed E-state index contributed by atoms with van der Waals surface area (Å²) < 4.78 is 5.82. The van der Waals surface area contributed by atoms with Gasteiger partial charge in [-0.3, -0.25) is 9.78 Å². The number of ether oxygens (including phenoxy) is 1. The van der Waals surface area contributed by atoms with E-state index in [1.54, 1.807) is 0 Å². The molecule has 3 aromatic rings. The van der Waals surface area contributed by atoms with Crippen LogP contribution in [0, 0.1) is 11.3 Å². The van der Waals surface area contributed by atoms with Crippen LogP contribution < -0.4 is 4.90 Å². The van der Waals surface area contributed by atoms with Crippen LogP contribution >= 0.6 is 0 Å². The number of amides is 1. The molecule has 0 saturated carbocycles. The lowest BCUT2D eigenvalue weighted by atomic mass is 9.79. The first-order valence-electron chi connectivity index (χ1n) is 10.1. The Balaban J connectivity index is 1.29. The van der Waals surface area contributed by atoms with Gasteiger partial charge in [0.2, 0.25) is 5.91 Å². The van der Waals surface area contributed by atoms with E-state index in [1.807, 2.05) is 47.5 Å². The minimum absolute atomic E-state index is 0.187. The van der Waals surface area contributed by atoms with Crippen molar-refractivity contribution in [3.63, 3.8) is 0 Å². The maximum atomic E-state index is 13.7. The number of benzene rings is 2. The second-order valence-corrected chi connectivity index (χ2v) is 8.40. The highest BCUT2D eigenvalue weighted by Gasteiger charge is 2.57. The van der Waals surface area contributed by atoms with Crippen LogP contribution in [0.1, 0.15) is 11.1 Å². The number of hydrogen-bond donors (Lipinski definition) is 0. The molecule has 0 unspecified atom stereocenters. The highest BCUT2D eigenvalue weighted by molar-refractivity contribution is 5.86. The minimum atomic E-state index is -0.491. The molecule has 2 saturated heterocycles. The number of carbonyl (C=O) groups is 1. The number of anilines is 1. The summed E-state index contributed by atoms with van der Waals surface area (Å²) in [5.41, 5.74) is 3.79. The predicted molar refractivity (Wildman–Crippen MR) is 109 cm³/mol. The lowest BCUT2D eigenvalue weighted by molar-refractivity contribution is -0.143. The first-order valence-corrected chi connectivity index (χ1v) is 10.1. The van der Waals surface area contributed by atoms with Crippen molar-refractivity contribution >= 4 is 22.8 Å². The van der Waals surface area contributed by atoms with E-state index in [0.29, 0.717) is 32.8 Å². The largest absolute Gasteiger partial charge is 0.380 e. The molecule has 3 aliphatic heterocycles. The number of nitrogens with zero attached hydrogens (tertiary/aromatic N) is 4. The Morgan fingerprint density at radius 3 is 2.55 bits per heavy atom. The van der Waals surface area contributed by atoms with Crippen LogP contribution in [0.3, 0.4) is 0 Å². The SMILES string of the molecule is O=C(N1Cc2ccccc2C1)[C@@]12COC[C@@H]1CN(c1cnc3ccccc3n1)C2. The molecule has 6 rings (SSSR count). The molecule has 0 N–H and O–H groups in total. The summed E-state index contributed by atoms with van der Waals surface area (Å²) >= 11 is 0. The number of aromatic nitrogens is 2. The maximum Gasteiger partial charge on any atom is 0.233 e. The molecule has 0 bridgehead atoms. The zero-order chi connectivity index (χ0) is 19.4. The quantitative estimate of drug-likeness (QED) is 0.678. The molecule has 4 heterocycles. The molecule has 0 spiro atoms. The second-order valence-electron chi connectivity index (χ2n) is 8.40. The van der Waals surface area contributed by atoms with Gasteiger partial charge in [-0.05, 0) is 23.3 Å². The first-order chi connectivity index (χ1) is 14.2. The van der Waals surface area contributed by atoms with Crippen molar-refractivity contribution in [1.82, 2.24) is 14.9 Å². The molecule has 0 aliphatic carbocycles. The monoisotopic (exact) mass is 386 g/mol. The molecular weight excluding hydrogens is 364 g/mol. The van der Waals surface area contributed by atoms with Crippen molar-refractivity contribution in [2.45, 2.75) is 13.1 Å². The van der Waals surface area contributed by atoms with Crippen molar-refractivity contribution in [3.8, 4) is 0 Å². The molecule has 2 fully saturated rings. The Morgan fingerprint density at radius 2 is 1.76 bits per heavy atom. The molecular formula is C23H22N4O2. The van der Waals surface area contributed by atoms with Gasteiger partial charge in [0.1, 0.15) is 5.82 Å². The zero-order valence-corrected chi connectivity index (χ0v) is 16.1. The zero-order valence-electron chi connectivity index (χ0n) is 16.1. The van der Waals surface area contributed by atoms with Crippen molar-refractivity contribution in [3.05, 3.63) is 65.9 Å². The van der Waals surface area contributed by atoms with Crippen LogP contribution in [-0.4, -0.2) is 47.1 Å². The van der Waals surface area contributed by atoms with Gasteiger partial charge in [-0.2, -0.15) is 0 Å². The van der Waals surface area contributed by atoms with E-state index in [2.05, 4.69) is 22.0 Å². The van der Waals surface area contributed by atoms with E-state index in [-0.39, 0.29) is 11.8 Å². The smallest absolute Gasteiger partial charge is 0.233 e. The summed E-state index contributed by atoms with van der Waals surface area (Å²) in [5.74, 6) is 1.24. The number of fused-ring (bicyclic) bond motifs is 3. The van der Waals surface area contributed by atoms with Gasteiger partial charge in [0.25, 0.3) is 0 Å². The van der Waals surface area contributed by atoms with Crippen LogP contribution in [0.25, 0.3) is 11.0 Å². The summed E-state index contributed by atoms with van der Waals surface area (Å²) in [5, 5.41) is 0. The Bertz CT molecular complexity index is 1090. The van der Waals surface area contributed by atoms with E-state index in [0.717, 1.165) is 23.4 Å². The summed E-state index contributed by atoms with van der Waals surface area (Å²) in [4.78, 5) is 27.3. The maximum absolute atomic E-state index is 13.7. The van der Waals surface area contributed by atoms with E-state index in [1.165, 1.54) is 11.1 Å². The lowest BCUT2D eigenvalue weighted by Crippen LogP contribution is -2.47. The third-order valence-corrected chi connectivity index (χ3v) is 6.69. The standard InChI is InChI=1S/C23H22N4O2/c28-22(26-10-16-5-1-2-6-17(16)11-26)23-14-27(12-18(23)13-29-15-23)21-9-24-19-7-3-4-8-20(19)25-21/h1-9,18H,10-15H2/t18-,23-/m0/s1. The molecule has 6 nitrogen and oxygen atoms in total. The van der Waals surface area contributed by atoms with Gasteiger partial charge < -0.3 is 14.5 Å². The third-order valence-electron chi connectivity index (χ3n) is 6.69. The number of hydrogen-bond acceptors (Lipinski definition) is 5. The topological polar surface area (TPSA) is 58.6 Å². The van der Waals surface area contributed by atoms with Gasteiger partial charge >= 0.3 is 0 Å². The van der Waals surface area contributed by atoms with Crippen molar-refractivity contribution in [2.24, 2.45) is 11.3 Å². The Labute approximate surface area is 169 Å².